The van der Waals surface area contributed by atoms with Gasteiger partial charge >= 0.3 is 0 Å². The van der Waals surface area contributed by atoms with Crippen molar-refractivity contribution < 1.29 is 4.42 Å². The highest BCUT2D eigenvalue weighted by Gasteiger charge is 2.17. The van der Waals surface area contributed by atoms with Gasteiger partial charge < -0.3 is 4.42 Å². The fraction of sp³-hybridized carbons (Fsp3) is 0. The number of hydrogen-bond donors (Lipinski definition) is 0. The molecule has 0 aliphatic carbocycles. The molecule has 49 heavy (non-hydrogen) atoms. The van der Waals surface area contributed by atoms with Gasteiger partial charge in [-0.05, 0) is 64.2 Å². The highest BCUT2D eigenvalue weighted by atomic mass is 16.3. The lowest BCUT2D eigenvalue weighted by atomic mass is 9.93. The Morgan fingerprint density at radius 2 is 0.837 bits per heavy atom. The van der Waals surface area contributed by atoms with Crippen LogP contribution >= 0.6 is 0 Å². The molecular formula is C46H30N2O. The van der Waals surface area contributed by atoms with Crippen LogP contribution in [0.1, 0.15) is 0 Å². The van der Waals surface area contributed by atoms with Gasteiger partial charge in [-0.15, -0.1) is 0 Å². The predicted molar refractivity (Wildman–Crippen MR) is 202 cm³/mol. The molecule has 7 aromatic carbocycles. The Kier molecular flexibility index (Phi) is 7.14. The minimum absolute atomic E-state index is 0.681. The molecule has 2 aromatic heterocycles. The Hall–Kier alpha value is -6.58. The summed E-state index contributed by atoms with van der Waals surface area (Å²) in [5.41, 5.74) is 13.1. The smallest absolute Gasteiger partial charge is 0.160 e. The molecular weight excluding hydrogens is 597 g/mol. The molecule has 9 aromatic rings. The average molecular weight is 627 g/mol. The summed E-state index contributed by atoms with van der Waals surface area (Å²) in [4.78, 5) is 10.4. The molecule has 230 valence electrons. The number of benzene rings is 7. The van der Waals surface area contributed by atoms with Crippen LogP contribution in [0.15, 0.2) is 186 Å². The molecule has 9 rings (SSSR count). The summed E-state index contributed by atoms with van der Waals surface area (Å²) in [5.74, 6) is 0.681. The second kappa shape index (κ2) is 12.2. The summed E-state index contributed by atoms with van der Waals surface area (Å²) in [6.45, 7) is 0. The van der Waals surface area contributed by atoms with Crippen molar-refractivity contribution in [1.82, 2.24) is 9.97 Å². The standard InChI is InChI=1S/C46H30N2O/c1-4-14-31(15-5-1)34-20-12-21-35(26-34)46-47-42(33-18-8-3-9-19-33)30-43(48-46)38-28-36(32-16-6-2-7-17-32)27-37(29-38)39-23-13-24-41-40-22-10-11-25-44(40)49-45(39)41/h1-30H. The second-order valence-electron chi connectivity index (χ2n) is 12.2. The van der Waals surface area contributed by atoms with E-state index in [1.54, 1.807) is 0 Å². The van der Waals surface area contributed by atoms with E-state index in [1.807, 2.05) is 24.3 Å². The van der Waals surface area contributed by atoms with Crippen LogP contribution in [0.25, 0.3) is 89.2 Å². The van der Waals surface area contributed by atoms with E-state index < -0.39 is 0 Å². The zero-order valence-corrected chi connectivity index (χ0v) is 26.6. The number of hydrogen-bond acceptors (Lipinski definition) is 3. The maximum atomic E-state index is 6.51. The zero-order chi connectivity index (χ0) is 32.6. The Bertz CT molecular complexity index is 2590. The van der Waals surface area contributed by atoms with Gasteiger partial charge in [-0.1, -0.05) is 146 Å². The highest BCUT2D eigenvalue weighted by Crippen LogP contribution is 2.39. The van der Waals surface area contributed by atoms with Crippen LogP contribution in [0.2, 0.25) is 0 Å². The molecule has 0 N–H and O–H groups in total. The first kappa shape index (κ1) is 28.6. The Morgan fingerprint density at radius 3 is 1.59 bits per heavy atom. The van der Waals surface area contributed by atoms with E-state index in [2.05, 4.69) is 158 Å². The van der Waals surface area contributed by atoms with E-state index in [0.717, 1.165) is 83.4 Å². The number of rotatable bonds is 6. The largest absolute Gasteiger partial charge is 0.455 e. The first-order valence-corrected chi connectivity index (χ1v) is 16.5. The summed E-state index contributed by atoms with van der Waals surface area (Å²) >= 11 is 0. The van der Waals surface area contributed by atoms with Gasteiger partial charge in [0.2, 0.25) is 0 Å². The molecule has 0 saturated carbocycles. The second-order valence-corrected chi connectivity index (χ2v) is 12.2. The van der Waals surface area contributed by atoms with Gasteiger partial charge in [0.25, 0.3) is 0 Å². The average Bonchev–Trinajstić information content (AvgIpc) is 3.58. The van der Waals surface area contributed by atoms with Crippen LogP contribution in [-0.2, 0) is 0 Å². The van der Waals surface area contributed by atoms with Crippen molar-refractivity contribution in [2.45, 2.75) is 0 Å². The minimum Gasteiger partial charge on any atom is -0.455 e. The van der Waals surface area contributed by atoms with Crippen molar-refractivity contribution in [3.05, 3.63) is 182 Å². The molecule has 0 fully saturated rings. The molecule has 3 heteroatoms. The van der Waals surface area contributed by atoms with Gasteiger partial charge in [-0.25, -0.2) is 9.97 Å². The molecule has 0 unspecified atom stereocenters. The Balaban J connectivity index is 1.27. The Morgan fingerprint density at radius 1 is 0.327 bits per heavy atom. The SMILES string of the molecule is c1ccc(-c2cccc(-c3nc(-c4ccccc4)cc(-c4cc(-c5ccccc5)cc(-c5cccc6c5oc5ccccc56)c4)n3)c2)cc1. The number of nitrogens with zero attached hydrogens (tertiary/aromatic N) is 2. The third kappa shape index (κ3) is 5.48. The number of furan rings is 1. The van der Waals surface area contributed by atoms with Crippen LogP contribution in [-0.4, -0.2) is 9.97 Å². The third-order valence-electron chi connectivity index (χ3n) is 9.07. The fourth-order valence-corrected chi connectivity index (χ4v) is 6.65. The zero-order valence-electron chi connectivity index (χ0n) is 26.6. The van der Waals surface area contributed by atoms with Crippen molar-refractivity contribution in [1.29, 1.82) is 0 Å². The molecule has 0 amide bonds. The molecule has 0 spiro atoms. The highest BCUT2D eigenvalue weighted by molar-refractivity contribution is 6.09. The van der Waals surface area contributed by atoms with Crippen LogP contribution in [0.4, 0.5) is 0 Å². The fourth-order valence-electron chi connectivity index (χ4n) is 6.65. The minimum atomic E-state index is 0.681. The van der Waals surface area contributed by atoms with Crippen molar-refractivity contribution in [3.63, 3.8) is 0 Å². The lowest BCUT2D eigenvalue weighted by Crippen LogP contribution is -1.97. The Labute approximate surface area is 284 Å². The number of aromatic nitrogens is 2. The monoisotopic (exact) mass is 626 g/mol. The van der Waals surface area contributed by atoms with Gasteiger partial charge in [0.1, 0.15) is 11.2 Å². The quantitative estimate of drug-likeness (QED) is 0.184. The van der Waals surface area contributed by atoms with Crippen LogP contribution in [0.3, 0.4) is 0 Å². The number of fused-ring (bicyclic) bond motifs is 3. The summed E-state index contributed by atoms with van der Waals surface area (Å²) < 4.78 is 6.51. The third-order valence-corrected chi connectivity index (χ3v) is 9.07. The van der Waals surface area contributed by atoms with Crippen LogP contribution in [0.5, 0.6) is 0 Å². The van der Waals surface area contributed by atoms with E-state index in [9.17, 15) is 0 Å². The number of para-hydroxylation sites is 2. The topological polar surface area (TPSA) is 38.9 Å². The van der Waals surface area contributed by atoms with Gasteiger partial charge in [0, 0.05) is 33.0 Å². The van der Waals surface area contributed by atoms with E-state index in [-0.39, 0.29) is 0 Å². The molecule has 0 radical (unpaired) electrons. The van der Waals surface area contributed by atoms with Gasteiger partial charge in [-0.2, -0.15) is 0 Å². The lowest BCUT2D eigenvalue weighted by molar-refractivity contribution is 0.670. The summed E-state index contributed by atoms with van der Waals surface area (Å²) in [5, 5.41) is 2.22. The van der Waals surface area contributed by atoms with Gasteiger partial charge in [0.15, 0.2) is 5.82 Å². The normalized spacial score (nSPS) is 11.3. The first-order valence-electron chi connectivity index (χ1n) is 16.5. The van der Waals surface area contributed by atoms with E-state index in [0.29, 0.717) is 5.82 Å². The molecule has 0 saturated heterocycles. The molecule has 0 aliphatic rings. The predicted octanol–water partition coefficient (Wildman–Crippen LogP) is 12.4. The van der Waals surface area contributed by atoms with Gasteiger partial charge in [0.05, 0.1) is 11.4 Å². The van der Waals surface area contributed by atoms with Crippen molar-refractivity contribution in [2.24, 2.45) is 0 Å². The van der Waals surface area contributed by atoms with Crippen LogP contribution < -0.4 is 0 Å². The van der Waals surface area contributed by atoms with Gasteiger partial charge in [-0.3, -0.25) is 0 Å². The maximum absolute atomic E-state index is 6.51. The lowest BCUT2D eigenvalue weighted by Gasteiger charge is -2.14. The summed E-state index contributed by atoms with van der Waals surface area (Å²) in [6, 6.07) is 63.2. The summed E-state index contributed by atoms with van der Waals surface area (Å²) in [6.07, 6.45) is 0. The molecule has 0 atom stereocenters. The van der Waals surface area contributed by atoms with Crippen LogP contribution in [0, 0.1) is 0 Å². The van der Waals surface area contributed by atoms with E-state index in [1.165, 1.54) is 0 Å². The molecule has 0 aliphatic heterocycles. The van der Waals surface area contributed by atoms with Crippen molar-refractivity contribution in [2.75, 3.05) is 0 Å². The van der Waals surface area contributed by atoms with E-state index >= 15 is 0 Å². The maximum Gasteiger partial charge on any atom is 0.160 e. The van der Waals surface area contributed by atoms with E-state index in [4.69, 9.17) is 14.4 Å². The van der Waals surface area contributed by atoms with Crippen molar-refractivity contribution >= 4 is 21.9 Å². The molecule has 0 bridgehead atoms. The molecule has 3 nitrogen and oxygen atoms in total. The molecule has 2 heterocycles. The first-order chi connectivity index (χ1) is 24.3. The van der Waals surface area contributed by atoms with Crippen molar-refractivity contribution in [3.8, 4) is 67.3 Å². The summed E-state index contributed by atoms with van der Waals surface area (Å²) in [7, 11) is 0.